The lowest BCUT2D eigenvalue weighted by Crippen LogP contribution is -2.44. The molecule has 2 amide bonds. The Morgan fingerprint density at radius 1 is 1.38 bits per heavy atom. The van der Waals surface area contributed by atoms with Crippen molar-refractivity contribution in [2.75, 3.05) is 6.54 Å². The fourth-order valence-electron chi connectivity index (χ4n) is 1.25. The Hall–Kier alpha value is -1.10. The van der Waals surface area contributed by atoms with Crippen LogP contribution in [0.15, 0.2) is 0 Å². The van der Waals surface area contributed by atoms with Crippen LogP contribution >= 0.6 is 0 Å². The molecule has 0 aromatic carbocycles. The van der Waals surface area contributed by atoms with Gasteiger partial charge in [-0.15, -0.1) is 0 Å². The zero-order valence-corrected chi connectivity index (χ0v) is 9.95. The van der Waals surface area contributed by atoms with E-state index in [-0.39, 0.29) is 17.7 Å². The molecule has 92 valence electrons. The minimum absolute atomic E-state index is 0.000850. The summed E-state index contributed by atoms with van der Waals surface area (Å²) in [4.78, 5) is 22.7. The lowest BCUT2D eigenvalue weighted by molar-refractivity contribution is -0.123. The third-order valence-corrected chi connectivity index (χ3v) is 2.61. The van der Waals surface area contributed by atoms with Gasteiger partial charge in [0.15, 0.2) is 0 Å². The second-order valence-electron chi connectivity index (χ2n) is 4.65. The van der Waals surface area contributed by atoms with E-state index in [1.54, 1.807) is 0 Å². The van der Waals surface area contributed by atoms with E-state index in [1.165, 1.54) is 0 Å². The van der Waals surface area contributed by atoms with Gasteiger partial charge in [-0.05, 0) is 18.8 Å². The van der Waals surface area contributed by atoms with Crippen LogP contribution in [0.3, 0.4) is 0 Å². The maximum absolute atomic E-state index is 11.4. The number of carbonyl (C=O) groups is 2. The van der Waals surface area contributed by atoms with E-state index < -0.39 is 6.04 Å². The molecule has 0 bridgehead atoms. The van der Waals surface area contributed by atoms with Gasteiger partial charge in [-0.2, -0.15) is 0 Å². The van der Waals surface area contributed by atoms with Gasteiger partial charge in [0, 0.05) is 19.0 Å². The summed E-state index contributed by atoms with van der Waals surface area (Å²) in [6, 6.07) is -0.118. The molecule has 0 saturated heterocycles. The van der Waals surface area contributed by atoms with E-state index in [0.717, 1.165) is 12.8 Å². The number of carbonyl (C=O) groups excluding carboxylic acids is 2. The van der Waals surface area contributed by atoms with Crippen molar-refractivity contribution in [1.82, 2.24) is 10.6 Å². The van der Waals surface area contributed by atoms with Gasteiger partial charge in [-0.25, -0.2) is 0 Å². The molecule has 1 aliphatic carbocycles. The molecule has 0 spiro atoms. The van der Waals surface area contributed by atoms with Gasteiger partial charge in [0.25, 0.3) is 0 Å². The number of hydrogen-bond donors (Lipinski definition) is 3. The van der Waals surface area contributed by atoms with Crippen LogP contribution < -0.4 is 16.4 Å². The summed E-state index contributed by atoms with van der Waals surface area (Å²) in [5, 5.41) is 5.52. The smallest absolute Gasteiger partial charge is 0.237 e. The SMILES string of the molecule is CC(C)C(N)C(=O)NCCC(=O)NC1CC1. The molecule has 0 aliphatic heterocycles. The summed E-state index contributed by atoms with van der Waals surface area (Å²) in [5.74, 6) is -0.0737. The third kappa shape index (κ3) is 4.61. The van der Waals surface area contributed by atoms with Crippen molar-refractivity contribution >= 4 is 11.8 Å². The molecule has 0 radical (unpaired) electrons. The lowest BCUT2D eigenvalue weighted by atomic mass is 10.1. The highest BCUT2D eigenvalue weighted by Gasteiger charge is 2.23. The Balaban J connectivity index is 2.09. The van der Waals surface area contributed by atoms with Crippen LogP contribution in [-0.2, 0) is 9.59 Å². The van der Waals surface area contributed by atoms with Crippen LogP contribution in [0.5, 0.6) is 0 Å². The topological polar surface area (TPSA) is 84.2 Å². The third-order valence-electron chi connectivity index (χ3n) is 2.61. The Bertz CT molecular complexity index is 262. The van der Waals surface area contributed by atoms with E-state index >= 15 is 0 Å². The fourth-order valence-corrected chi connectivity index (χ4v) is 1.25. The van der Waals surface area contributed by atoms with Crippen molar-refractivity contribution in [2.45, 2.75) is 45.2 Å². The Morgan fingerprint density at radius 2 is 2.00 bits per heavy atom. The van der Waals surface area contributed by atoms with Crippen molar-refractivity contribution in [3.63, 3.8) is 0 Å². The monoisotopic (exact) mass is 227 g/mol. The van der Waals surface area contributed by atoms with E-state index in [2.05, 4.69) is 10.6 Å². The first-order valence-electron chi connectivity index (χ1n) is 5.83. The number of rotatable bonds is 6. The number of nitrogens with two attached hydrogens (primary N) is 1. The highest BCUT2D eigenvalue weighted by atomic mass is 16.2. The first-order valence-corrected chi connectivity index (χ1v) is 5.83. The van der Waals surface area contributed by atoms with Crippen LogP contribution in [0, 0.1) is 5.92 Å². The van der Waals surface area contributed by atoms with Crippen LogP contribution in [-0.4, -0.2) is 30.4 Å². The van der Waals surface area contributed by atoms with Crippen molar-refractivity contribution in [3.05, 3.63) is 0 Å². The zero-order valence-electron chi connectivity index (χ0n) is 9.95. The predicted molar refractivity (Wildman–Crippen MR) is 61.6 cm³/mol. The molecule has 1 rings (SSSR count). The summed E-state index contributed by atoms with van der Waals surface area (Å²) in [7, 11) is 0. The van der Waals surface area contributed by atoms with Crippen LogP contribution in [0.1, 0.15) is 33.1 Å². The van der Waals surface area contributed by atoms with Crippen molar-refractivity contribution < 1.29 is 9.59 Å². The quantitative estimate of drug-likeness (QED) is 0.585. The van der Waals surface area contributed by atoms with Gasteiger partial charge in [0.2, 0.25) is 11.8 Å². The number of hydrogen-bond acceptors (Lipinski definition) is 3. The van der Waals surface area contributed by atoms with Crippen LogP contribution in [0.25, 0.3) is 0 Å². The second kappa shape index (κ2) is 5.84. The lowest BCUT2D eigenvalue weighted by Gasteiger charge is -2.15. The largest absolute Gasteiger partial charge is 0.354 e. The first-order chi connectivity index (χ1) is 7.50. The Kier molecular flexibility index (Phi) is 4.73. The molecule has 0 aromatic heterocycles. The van der Waals surface area contributed by atoms with E-state index in [9.17, 15) is 9.59 Å². The van der Waals surface area contributed by atoms with Crippen molar-refractivity contribution in [1.29, 1.82) is 0 Å². The molecule has 4 N–H and O–H groups in total. The summed E-state index contributed by atoms with van der Waals surface area (Å²) in [6.45, 7) is 4.14. The molecule has 1 saturated carbocycles. The molecule has 16 heavy (non-hydrogen) atoms. The summed E-state index contributed by atoms with van der Waals surface area (Å²) < 4.78 is 0. The average Bonchev–Trinajstić information content (AvgIpc) is 3.00. The second-order valence-corrected chi connectivity index (χ2v) is 4.65. The number of amides is 2. The van der Waals surface area contributed by atoms with E-state index in [4.69, 9.17) is 5.73 Å². The van der Waals surface area contributed by atoms with E-state index in [1.807, 2.05) is 13.8 Å². The van der Waals surface area contributed by atoms with Crippen molar-refractivity contribution in [2.24, 2.45) is 11.7 Å². The van der Waals surface area contributed by atoms with E-state index in [0.29, 0.717) is 19.0 Å². The summed E-state index contributed by atoms with van der Waals surface area (Å²) in [5.41, 5.74) is 5.66. The molecule has 5 heteroatoms. The Labute approximate surface area is 96.1 Å². The minimum atomic E-state index is -0.494. The maximum Gasteiger partial charge on any atom is 0.237 e. The normalized spacial score (nSPS) is 17.0. The molecular formula is C11H21N3O2. The first kappa shape index (κ1) is 13.0. The highest BCUT2D eigenvalue weighted by molar-refractivity contribution is 5.82. The zero-order chi connectivity index (χ0) is 12.1. The molecule has 1 fully saturated rings. The van der Waals surface area contributed by atoms with Crippen molar-refractivity contribution in [3.8, 4) is 0 Å². The Morgan fingerprint density at radius 3 is 2.50 bits per heavy atom. The summed E-state index contributed by atoms with van der Waals surface area (Å²) in [6.07, 6.45) is 2.49. The van der Waals surface area contributed by atoms with Crippen LogP contribution in [0.2, 0.25) is 0 Å². The number of nitrogens with one attached hydrogen (secondary N) is 2. The molecule has 5 nitrogen and oxygen atoms in total. The standard InChI is InChI=1S/C11H21N3O2/c1-7(2)10(12)11(16)13-6-5-9(15)14-8-3-4-8/h7-8,10H,3-6,12H2,1-2H3,(H,13,16)(H,14,15). The van der Waals surface area contributed by atoms with Gasteiger partial charge in [-0.1, -0.05) is 13.8 Å². The molecular weight excluding hydrogens is 206 g/mol. The van der Waals surface area contributed by atoms with Gasteiger partial charge < -0.3 is 16.4 Å². The van der Waals surface area contributed by atoms with Gasteiger partial charge >= 0.3 is 0 Å². The summed E-state index contributed by atoms with van der Waals surface area (Å²) >= 11 is 0. The molecule has 0 aromatic rings. The highest BCUT2D eigenvalue weighted by Crippen LogP contribution is 2.18. The van der Waals surface area contributed by atoms with Crippen LogP contribution in [0.4, 0.5) is 0 Å². The molecule has 1 unspecified atom stereocenters. The molecule has 1 aliphatic rings. The minimum Gasteiger partial charge on any atom is -0.354 e. The fraction of sp³-hybridized carbons (Fsp3) is 0.818. The maximum atomic E-state index is 11.4. The molecule has 0 heterocycles. The average molecular weight is 227 g/mol. The van der Waals surface area contributed by atoms with Gasteiger partial charge in [0.05, 0.1) is 6.04 Å². The predicted octanol–water partition coefficient (Wildman–Crippen LogP) is -0.245. The van der Waals surface area contributed by atoms with Gasteiger partial charge in [0.1, 0.15) is 0 Å². The molecule has 1 atom stereocenters. The van der Waals surface area contributed by atoms with Gasteiger partial charge in [-0.3, -0.25) is 9.59 Å².